The van der Waals surface area contributed by atoms with Crippen LogP contribution in [-0.2, 0) is 6.54 Å². The van der Waals surface area contributed by atoms with Crippen molar-refractivity contribution in [3.8, 4) is 11.3 Å². The zero-order chi connectivity index (χ0) is 19.9. The van der Waals surface area contributed by atoms with Crippen LogP contribution in [0.2, 0.25) is 0 Å². The van der Waals surface area contributed by atoms with Crippen molar-refractivity contribution in [3.05, 3.63) is 76.8 Å². The van der Waals surface area contributed by atoms with Gasteiger partial charge in [0.2, 0.25) is 0 Å². The minimum atomic E-state index is -1.04. The second-order valence-corrected chi connectivity index (χ2v) is 5.88. The van der Waals surface area contributed by atoms with Crippen molar-refractivity contribution in [2.24, 2.45) is 0 Å². The van der Waals surface area contributed by atoms with E-state index in [4.69, 9.17) is 0 Å². The molecule has 2 amide bonds. The number of carbonyl (C=O) groups is 1. The van der Waals surface area contributed by atoms with Gasteiger partial charge in [-0.05, 0) is 36.8 Å². The minimum Gasteiger partial charge on any atom is -0.338 e. The summed E-state index contributed by atoms with van der Waals surface area (Å²) in [6.07, 6.45) is 3.74. The highest BCUT2D eigenvalue weighted by atomic mass is 19.2. The Labute approximate surface area is 159 Å². The lowest BCUT2D eigenvalue weighted by Crippen LogP contribution is -2.31. The highest BCUT2D eigenvalue weighted by molar-refractivity contribution is 5.89. The van der Waals surface area contributed by atoms with Gasteiger partial charge in [-0.25, -0.2) is 18.3 Å². The van der Waals surface area contributed by atoms with Crippen LogP contribution in [-0.4, -0.2) is 27.3 Å². The van der Waals surface area contributed by atoms with E-state index in [0.717, 1.165) is 17.7 Å². The number of anilines is 1. The van der Waals surface area contributed by atoms with Gasteiger partial charge in [0.15, 0.2) is 11.6 Å². The molecular weight excluding hydrogens is 368 g/mol. The molecule has 144 valence electrons. The molecule has 1 aromatic carbocycles. The molecule has 28 heavy (non-hydrogen) atoms. The molecule has 0 bridgehead atoms. The Morgan fingerprint density at radius 1 is 1.04 bits per heavy atom. The third-order valence-electron chi connectivity index (χ3n) is 3.85. The van der Waals surface area contributed by atoms with E-state index >= 15 is 0 Å². The Morgan fingerprint density at radius 3 is 2.57 bits per heavy atom. The molecule has 0 aliphatic rings. The summed E-state index contributed by atoms with van der Waals surface area (Å²) in [5.41, 5.74) is 1.38. The first-order valence-corrected chi connectivity index (χ1v) is 8.51. The molecule has 0 aliphatic heterocycles. The SMILES string of the molecule is O=C(NCCCn1nc(-c2ccncc2)ccc1=O)Nc1ccc(F)c(F)c1. The van der Waals surface area contributed by atoms with Crippen LogP contribution in [0.15, 0.2) is 59.7 Å². The zero-order valence-corrected chi connectivity index (χ0v) is 14.7. The monoisotopic (exact) mass is 385 g/mol. The average molecular weight is 385 g/mol. The van der Waals surface area contributed by atoms with Gasteiger partial charge in [-0.2, -0.15) is 5.10 Å². The quantitative estimate of drug-likeness (QED) is 0.639. The third-order valence-corrected chi connectivity index (χ3v) is 3.85. The van der Waals surface area contributed by atoms with Crippen molar-refractivity contribution < 1.29 is 13.6 Å². The number of aryl methyl sites for hydroxylation is 1. The molecule has 0 atom stereocenters. The van der Waals surface area contributed by atoms with Crippen LogP contribution in [0.3, 0.4) is 0 Å². The predicted octanol–water partition coefficient (Wildman–Crippen LogP) is 2.80. The normalized spacial score (nSPS) is 10.5. The number of hydrogen-bond acceptors (Lipinski definition) is 4. The molecule has 2 heterocycles. The van der Waals surface area contributed by atoms with Gasteiger partial charge in [-0.3, -0.25) is 9.78 Å². The number of benzene rings is 1. The number of nitrogens with one attached hydrogen (secondary N) is 2. The summed E-state index contributed by atoms with van der Waals surface area (Å²) < 4.78 is 27.3. The summed E-state index contributed by atoms with van der Waals surface area (Å²) in [6.45, 7) is 0.576. The molecule has 2 N–H and O–H groups in total. The second-order valence-electron chi connectivity index (χ2n) is 5.88. The van der Waals surface area contributed by atoms with Crippen LogP contribution in [0.25, 0.3) is 11.3 Å². The lowest BCUT2D eigenvalue weighted by molar-refractivity contribution is 0.251. The summed E-state index contributed by atoms with van der Waals surface area (Å²) in [5.74, 6) is -2.03. The van der Waals surface area contributed by atoms with E-state index in [0.29, 0.717) is 18.7 Å². The van der Waals surface area contributed by atoms with Crippen LogP contribution in [0.1, 0.15) is 6.42 Å². The van der Waals surface area contributed by atoms with Gasteiger partial charge in [-0.15, -0.1) is 0 Å². The summed E-state index contributed by atoms with van der Waals surface area (Å²) in [6, 6.07) is 9.18. The maximum atomic E-state index is 13.1. The van der Waals surface area contributed by atoms with Crippen molar-refractivity contribution in [2.75, 3.05) is 11.9 Å². The smallest absolute Gasteiger partial charge is 0.319 e. The van der Waals surface area contributed by atoms with Gasteiger partial charge in [-0.1, -0.05) is 0 Å². The number of urea groups is 1. The topological polar surface area (TPSA) is 88.9 Å². The largest absolute Gasteiger partial charge is 0.338 e. The number of nitrogens with zero attached hydrogens (tertiary/aromatic N) is 3. The molecule has 0 fully saturated rings. The standard InChI is InChI=1S/C19H17F2N5O2/c20-15-3-2-14(12-16(15)21)24-19(28)23-8-1-11-26-18(27)5-4-17(25-26)13-6-9-22-10-7-13/h2-7,9-10,12H,1,8,11H2,(H2,23,24,28). The maximum absolute atomic E-state index is 13.1. The van der Waals surface area contributed by atoms with Gasteiger partial charge < -0.3 is 10.6 Å². The summed E-state index contributed by atoms with van der Waals surface area (Å²) in [7, 11) is 0. The lowest BCUT2D eigenvalue weighted by atomic mass is 10.2. The van der Waals surface area contributed by atoms with E-state index in [9.17, 15) is 18.4 Å². The number of halogens is 2. The minimum absolute atomic E-state index is 0.138. The highest BCUT2D eigenvalue weighted by Gasteiger charge is 2.06. The lowest BCUT2D eigenvalue weighted by Gasteiger charge is -2.09. The molecule has 0 aliphatic carbocycles. The van der Waals surface area contributed by atoms with Crippen LogP contribution in [0.5, 0.6) is 0 Å². The zero-order valence-electron chi connectivity index (χ0n) is 14.7. The Hall–Kier alpha value is -3.62. The van der Waals surface area contributed by atoms with Crippen LogP contribution < -0.4 is 16.2 Å². The van der Waals surface area contributed by atoms with Gasteiger partial charge in [0.1, 0.15) is 0 Å². The molecule has 2 aromatic heterocycles. The van der Waals surface area contributed by atoms with Crippen molar-refractivity contribution in [1.29, 1.82) is 0 Å². The molecule has 7 nitrogen and oxygen atoms in total. The van der Waals surface area contributed by atoms with Gasteiger partial charge >= 0.3 is 6.03 Å². The van der Waals surface area contributed by atoms with Crippen molar-refractivity contribution >= 4 is 11.7 Å². The summed E-state index contributed by atoms with van der Waals surface area (Å²) >= 11 is 0. The Balaban J connectivity index is 1.51. The third kappa shape index (κ3) is 4.97. The number of hydrogen-bond donors (Lipinski definition) is 2. The fourth-order valence-electron chi connectivity index (χ4n) is 2.47. The molecule has 0 unspecified atom stereocenters. The molecule has 9 heteroatoms. The molecular formula is C19H17F2N5O2. The van der Waals surface area contributed by atoms with E-state index in [1.54, 1.807) is 30.6 Å². The first kappa shape index (κ1) is 19.2. The molecule has 0 radical (unpaired) electrons. The number of pyridine rings is 1. The predicted molar refractivity (Wildman–Crippen MR) is 99.7 cm³/mol. The van der Waals surface area contributed by atoms with E-state index in [2.05, 4.69) is 20.7 Å². The van der Waals surface area contributed by atoms with E-state index in [1.165, 1.54) is 16.8 Å². The van der Waals surface area contributed by atoms with Crippen molar-refractivity contribution in [2.45, 2.75) is 13.0 Å². The molecule has 0 spiro atoms. The Bertz CT molecular complexity index is 1020. The molecule has 0 saturated heterocycles. The Morgan fingerprint density at radius 2 is 1.82 bits per heavy atom. The van der Waals surface area contributed by atoms with Crippen molar-refractivity contribution in [1.82, 2.24) is 20.1 Å². The number of aromatic nitrogens is 3. The van der Waals surface area contributed by atoms with Crippen LogP contribution >= 0.6 is 0 Å². The van der Waals surface area contributed by atoms with Gasteiger partial charge in [0, 0.05) is 48.9 Å². The summed E-state index contributed by atoms with van der Waals surface area (Å²) in [4.78, 5) is 27.7. The first-order valence-electron chi connectivity index (χ1n) is 8.51. The summed E-state index contributed by atoms with van der Waals surface area (Å²) in [5, 5.41) is 9.30. The number of amides is 2. The average Bonchev–Trinajstić information content (AvgIpc) is 2.70. The number of rotatable bonds is 6. The van der Waals surface area contributed by atoms with Gasteiger partial charge in [0.05, 0.1) is 5.69 Å². The van der Waals surface area contributed by atoms with E-state index < -0.39 is 17.7 Å². The first-order chi connectivity index (χ1) is 13.5. The van der Waals surface area contributed by atoms with E-state index in [1.807, 2.05) is 0 Å². The molecule has 3 rings (SSSR count). The van der Waals surface area contributed by atoms with E-state index in [-0.39, 0.29) is 17.8 Å². The van der Waals surface area contributed by atoms with Crippen molar-refractivity contribution in [3.63, 3.8) is 0 Å². The van der Waals surface area contributed by atoms with Crippen LogP contribution in [0.4, 0.5) is 19.3 Å². The fourth-order valence-corrected chi connectivity index (χ4v) is 2.47. The fraction of sp³-hybridized carbons (Fsp3) is 0.158. The van der Waals surface area contributed by atoms with Gasteiger partial charge in [0.25, 0.3) is 5.56 Å². The second kappa shape index (κ2) is 8.85. The molecule has 0 saturated carbocycles. The Kier molecular flexibility index (Phi) is 6.05. The number of carbonyl (C=O) groups excluding carboxylic acids is 1. The highest BCUT2D eigenvalue weighted by Crippen LogP contribution is 2.14. The van der Waals surface area contributed by atoms with Crippen LogP contribution in [0, 0.1) is 11.6 Å². The maximum Gasteiger partial charge on any atom is 0.319 e. The molecule has 3 aromatic rings.